The summed E-state index contributed by atoms with van der Waals surface area (Å²) in [6.45, 7) is 0.260. The highest BCUT2D eigenvalue weighted by atomic mass is 35.5. The smallest absolute Gasteiger partial charge is 0.267 e. The zero-order chi connectivity index (χ0) is 21.5. The van der Waals surface area contributed by atoms with Gasteiger partial charge in [0.2, 0.25) is 0 Å². The van der Waals surface area contributed by atoms with E-state index < -0.39 is 9.84 Å². The monoisotopic (exact) mass is 482 g/mol. The summed E-state index contributed by atoms with van der Waals surface area (Å²) in [7, 11) is -1.17. The van der Waals surface area contributed by atoms with E-state index in [9.17, 15) is 13.2 Å². The molecule has 1 aromatic heterocycles. The summed E-state index contributed by atoms with van der Waals surface area (Å²) < 4.78 is 29.7. The fourth-order valence-corrected chi connectivity index (χ4v) is 6.57. The topological polar surface area (TPSA) is 70.8 Å². The Labute approximate surface area is 189 Å². The van der Waals surface area contributed by atoms with Crippen molar-refractivity contribution in [2.45, 2.75) is 12.5 Å². The zero-order valence-corrected chi connectivity index (χ0v) is 19.3. The van der Waals surface area contributed by atoms with Gasteiger partial charge in [0.25, 0.3) is 5.91 Å². The number of hydrogen-bond acceptors (Lipinski definition) is 7. The highest BCUT2D eigenvalue weighted by Crippen LogP contribution is 2.34. The van der Waals surface area contributed by atoms with Gasteiger partial charge < -0.3 is 4.42 Å². The summed E-state index contributed by atoms with van der Waals surface area (Å²) in [5, 5.41) is 0.648. The number of benzene rings is 1. The van der Waals surface area contributed by atoms with Gasteiger partial charge in [-0.15, -0.1) is 0 Å². The second-order valence-electron chi connectivity index (χ2n) is 7.27. The number of nitrogens with zero attached hydrogens (tertiary/aromatic N) is 2. The first-order valence-electron chi connectivity index (χ1n) is 9.24. The van der Waals surface area contributed by atoms with Gasteiger partial charge in [0.1, 0.15) is 15.8 Å². The molecule has 4 rings (SSSR count). The third kappa shape index (κ3) is 4.65. The molecular formula is C20H19ClN2O4S3. The van der Waals surface area contributed by atoms with Crippen molar-refractivity contribution in [1.29, 1.82) is 0 Å². The van der Waals surface area contributed by atoms with Crippen molar-refractivity contribution < 1.29 is 17.6 Å². The van der Waals surface area contributed by atoms with Crippen LogP contribution < -0.4 is 0 Å². The molecule has 158 valence electrons. The Balaban J connectivity index is 1.46. The molecule has 30 heavy (non-hydrogen) atoms. The fourth-order valence-electron chi connectivity index (χ4n) is 3.41. The van der Waals surface area contributed by atoms with E-state index in [1.54, 1.807) is 24.3 Å². The third-order valence-electron chi connectivity index (χ3n) is 5.10. The van der Waals surface area contributed by atoms with E-state index in [2.05, 4.69) is 0 Å². The lowest BCUT2D eigenvalue weighted by molar-refractivity contribution is -0.123. The fraction of sp³-hybridized carbons (Fsp3) is 0.300. The van der Waals surface area contributed by atoms with Crippen molar-refractivity contribution in [3.63, 3.8) is 0 Å². The largest absolute Gasteiger partial charge is 0.457 e. The predicted octanol–water partition coefficient (Wildman–Crippen LogP) is 3.88. The quantitative estimate of drug-likeness (QED) is 0.473. The third-order valence-corrected chi connectivity index (χ3v) is 8.48. The van der Waals surface area contributed by atoms with Gasteiger partial charge in [-0.05, 0) is 49.9 Å². The molecule has 0 saturated carbocycles. The van der Waals surface area contributed by atoms with Crippen LogP contribution in [0.1, 0.15) is 12.2 Å². The van der Waals surface area contributed by atoms with Crippen molar-refractivity contribution in [1.82, 2.24) is 9.80 Å². The predicted molar refractivity (Wildman–Crippen MR) is 124 cm³/mol. The van der Waals surface area contributed by atoms with Gasteiger partial charge >= 0.3 is 0 Å². The van der Waals surface area contributed by atoms with Gasteiger partial charge in [0.05, 0.1) is 23.1 Å². The van der Waals surface area contributed by atoms with Crippen molar-refractivity contribution in [2.24, 2.45) is 0 Å². The summed E-state index contributed by atoms with van der Waals surface area (Å²) >= 11 is 12.5. The summed E-state index contributed by atoms with van der Waals surface area (Å²) in [4.78, 5) is 16.7. The van der Waals surface area contributed by atoms with Gasteiger partial charge in [-0.3, -0.25) is 14.6 Å². The van der Waals surface area contributed by atoms with E-state index in [-0.39, 0.29) is 30.1 Å². The molecule has 2 aliphatic heterocycles. The molecule has 0 radical (unpaired) electrons. The molecular weight excluding hydrogens is 464 g/mol. The maximum atomic E-state index is 12.9. The van der Waals surface area contributed by atoms with Crippen LogP contribution >= 0.6 is 35.6 Å². The average Bonchev–Trinajstić information content (AvgIpc) is 3.37. The number of carbonyl (C=O) groups excluding carboxylic acids is 1. The number of furan rings is 1. The molecule has 2 aliphatic rings. The molecule has 2 aromatic rings. The molecule has 0 spiro atoms. The molecule has 1 aromatic carbocycles. The lowest BCUT2D eigenvalue weighted by atomic mass is 10.2. The highest BCUT2D eigenvalue weighted by Gasteiger charge is 2.36. The number of thioether (sulfide) groups is 1. The first-order chi connectivity index (χ1) is 14.2. The van der Waals surface area contributed by atoms with Crippen LogP contribution in [0.3, 0.4) is 0 Å². The summed E-state index contributed by atoms with van der Waals surface area (Å²) in [5.41, 5.74) is 0.889. The number of thiocarbonyl (C=S) groups is 1. The number of carbonyl (C=O) groups is 1. The van der Waals surface area contributed by atoms with E-state index in [0.29, 0.717) is 32.2 Å². The van der Waals surface area contributed by atoms with Crippen molar-refractivity contribution in [3.05, 3.63) is 52.1 Å². The van der Waals surface area contributed by atoms with E-state index in [4.69, 9.17) is 28.2 Å². The van der Waals surface area contributed by atoms with Gasteiger partial charge in [-0.2, -0.15) is 0 Å². The highest BCUT2D eigenvalue weighted by molar-refractivity contribution is 8.26. The van der Waals surface area contributed by atoms with Gasteiger partial charge in [-0.1, -0.05) is 35.6 Å². The Morgan fingerprint density at radius 3 is 2.70 bits per heavy atom. The second kappa shape index (κ2) is 8.47. The lowest BCUT2D eigenvalue weighted by Gasteiger charge is -2.27. The molecule has 1 atom stereocenters. The second-order valence-corrected chi connectivity index (χ2v) is 11.6. The molecule has 2 fully saturated rings. The van der Waals surface area contributed by atoms with Crippen LogP contribution in [0.2, 0.25) is 5.02 Å². The molecule has 2 saturated heterocycles. The van der Waals surface area contributed by atoms with E-state index in [1.165, 1.54) is 16.7 Å². The van der Waals surface area contributed by atoms with Gasteiger partial charge in [-0.25, -0.2) is 8.42 Å². The normalized spacial score (nSPS) is 22.6. The Morgan fingerprint density at radius 1 is 1.30 bits per heavy atom. The van der Waals surface area contributed by atoms with Crippen molar-refractivity contribution >= 4 is 61.7 Å². The SMILES string of the molecule is CN(CN1C(=O)/C(=C/c2ccc(-c3ccc(Cl)cc3)o2)SC1=S)C1CCS(=O)(=O)C1. The Hall–Kier alpha value is -1.65. The van der Waals surface area contributed by atoms with E-state index in [1.807, 2.05) is 30.1 Å². The summed E-state index contributed by atoms with van der Waals surface area (Å²) in [6.07, 6.45) is 2.25. The van der Waals surface area contributed by atoms with Crippen molar-refractivity contribution in [3.8, 4) is 11.3 Å². The van der Waals surface area contributed by atoms with Crippen LogP contribution in [0.5, 0.6) is 0 Å². The zero-order valence-electron chi connectivity index (χ0n) is 16.1. The van der Waals surface area contributed by atoms with Crippen LogP contribution in [0, 0.1) is 0 Å². The van der Waals surface area contributed by atoms with Crippen LogP contribution in [-0.4, -0.2) is 59.7 Å². The Bertz CT molecular complexity index is 1130. The number of halogens is 1. The Morgan fingerprint density at radius 2 is 2.03 bits per heavy atom. The van der Waals surface area contributed by atoms with Gasteiger partial charge in [0.15, 0.2) is 9.84 Å². The number of rotatable bonds is 5. The van der Waals surface area contributed by atoms with Crippen LogP contribution in [0.4, 0.5) is 0 Å². The Kier molecular flexibility index (Phi) is 6.09. The van der Waals surface area contributed by atoms with Crippen LogP contribution in [0.25, 0.3) is 17.4 Å². The average molecular weight is 483 g/mol. The van der Waals surface area contributed by atoms with E-state index >= 15 is 0 Å². The molecule has 1 amide bonds. The standard InChI is InChI=1S/C20H19ClN2O4S3/c1-22(15-8-9-30(25,26)11-15)12-23-19(24)18(29-20(23)28)10-16-6-7-17(27-16)13-2-4-14(21)5-3-13/h2-7,10,15H,8-9,11-12H2,1H3/b18-10-. The molecule has 6 nitrogen and oxygen atoms in total. The lowest BCUT2D eigenvalue weighted by Crippen LogP contribution is -2.43. The maximum absolute atomic E-state index is 12.9. The van der Waals surface area contributed by atoms with Crippen LogP contribution in [-0.2, 0) is 14.6 Å². The van der Waals surface area contributed by atoms with E-state index in [0.717, 1.165) is 5.56 Å². The summed E-state index contributed by atoms with van der Waals surface area (Å²) in [5.74, 6) is 1.33. The molecule has 1 unspecified atom stereocenters. The molecule has 3 heterocycles. The van der Waals surface area contributed by atoms with Crippen molar-refractivity contribution in [2.75, 3.05) is 25.2 Å². The minimum Gasteiger partial charge on any atom is -0.457 e. The number of amides is 1. The maximum Gasteiger partial charge on any atom is 0.267 e. The first kappa shape index (κ1) is 21.6. The molecule has 0 aliphatic carbocycles. The number of hydrogen-bond donors (Lipinski definition) is 0. The molecule has 10 heteroatoms. The molecule has 0 N–H and O–H groups in total. The minimum atomic E-state index is -2.99. The van der Waals surface area contributed by atoms with Crippen LogP contribution in [0.15, 0.2) is 45.7 Å². The minimum absolute atomic E-state index is 0.101. The first-order valence-corrected chi connectivity index (χ1v) is 12.7. The number of sulfone groups is 1. The molecule has 0 bridgehead atoms. The summed E-state index contributed by atoms with van der Waals surface area (Å²) in [6, 6.07) is 10.8. The van der Waals surface area contributed by atoms with Gasteiger partial charge in [0, 0.05) is 22.7 Å².